The Balaban J connectivity index is 1.39. The highest BCUT2D eigenvalue weighted by molar-refractivity contribution is 6.30. The molecular weight excluding hydrogens is 582 g/mol. The Morgan fingerprint density at radius 1 is 1.07 bits per heavy atom. The van der Waals surface area contributed by atoms with Gasteiger partial charge in [-0.15, -0.1) is 0 Å². The summed E-state index contributed by atoms with van der Waals surface area (Å²) in [5.74, 6) is 0.133. The first-order valence-electron chi connectivity index (χ1n) is 14.2. The quantitative estimate of drug-likeness (QED) is 0.238. The van der Waals surface area contributed by atoms with Crippen molar-refractivity contribution < 1.29 is 9.90 Å². The third-order valence-corrected chi connectivity index (χ3v) is 7.70. The number of rotatable bonds is 5. The Morgan fingerprint density at radius 3 is 2.55 bits per heavy atom. The number of aromatic hydroxyl groups is 1. The average molecular weight is 614 g/mol. The van der Waals surface area contributed by atoms with Crippen molar-refractivity contribution in [3.05, 3.63) is 98.3 Å². The van der Waals surface area contributed by atoms with Gasteiger partial charge in [0.25, 0.3) is 5.91 Å². The monoisotopic (exact) mass is 613 g/mol. The fourth-order valence-electron chi connectivity index (χ4n) is 5.17. The maximum absolute atomic E-state index is 13.4. The molecule has 0 aliphatic carbocycles. The first kappa shape index (κ1) is 29.1. The number of carbonyl (C=O) groups is 1. The molecule has 1 aliphatic heterocycles. The van der Waals surface area contributed by atoms with E-state index in [1.165, 1.54) is 0 Å². The van der Waals surface area contributed by atoms with Crippen LogP contribution in [-0.2, 0) is 0 Å². The number of halogens is 1. The Kier molecular flexibility index (Phi) is 7.70. The highest BCUT2D eigenvalue weighted by Crippen LogP contribution is 2.21. The lowest BCUT2D eigenvalue weighted by Crippen LogP contribution is -2.54. The zero-order chi connectivity index (χ0) is 31.0. The second-order valence-electron chi connectivity index (χ2n) is 11.6. The van der Waals surface area contributed by atoms with E-state index in [1.807, 2.05) is 29.2 Å². The molecule has 1 saturated heterocycles. The third-order valence-electron chi connectivity index (χ3n) is 7.46. The van der Waals surface area contributed by atoms with Gasteiger partial charge in [-0.2, -0.15) is 9.61 Å². The number of amides is 1. The Morgan fingerprint density at radius 2 is 1.84 bits per heavy atom. The number of H-pyrrole nitrogens is 2. The minimum absolute atomic E-state index is 0.0323. The third kappa shape index (κ3) is 6.21. The van der Waals surface area contributed by atoms with Crippen LogP contribution in [0, 0.1) is 0 Å². The fourth-order valence-corrected chi connectivity index (χ4v) is 5.37. The van der Waals surface area contributed by atoms with Crippen molar-refractivity contribution in [2.45, 2.75) is 26.3 Å². The number of aromatic amines is 2. The number of nitrogens with zero attached hydrogens (tertiary/aromatic N) is 6. The summed E-state index contributed by atoms with van der Waals surface area (Å²) in [7, 11) is 0. The van der Waals surface area contributed by atoms with Gasteiger partial charge < -0.3 is 20.3 Å². The molecule has 12 nitrogen and oxygen atoms in total. The standard InChI is InChI=1S/C31H32ClN9O3/c1-31(2,3)40-12-10-39(11-13-40)29(43)19-6-4-8-22(14-19)35-26-17-25(34-23-9-5-7-21(32)16-23)37-27-20(18-33-41(26)27)15-24-28(42)38-30(44)36-24/h4-9,14-18,34,42H,10-13H2,1-3H3,(H2,36,38,44). The number of hydrogen-bond donors (Lipinski definition) is 4. The Bertz CT molecular complexity index is 2030. The molecule has 3 aromatic heterocycles. The van der Waals surface area contributed by atoms with E-state index in [0.29, 0.717) is 51.5 Å². The molecular formula is C31H32ClN9O3. The van der Waals surface area contributed by atoms with Gasteiger partial charge >= 0.3 is 5.69 Å². The highest BCUT2D eigenvalue weighted by atomic mass is 35.5. The van der Waals surface area contributed by atoms with Crippen molar-refractivity contribution in [2.75, 3.05) is 31.5 Å². The predicted molar refractivity (Wildman–Crippen MR) is 168 cm³/mol. The van der Waals surface area contributed by atoms with E-state index in [1.54, 1.807) is 47.1 Å². The smallest absolute Gasteiger partial charge is 0.326 e. The zero-order valence-electron chi connectivity index (χ0n) is 24.5. The highest BCUT2D eigenvalue weighted by Gasteiger charge is 2.28. The number of aromatic nitrogens is 5. The molecule has 0 saturated carbocycles. The molecule has 1 fully saturated rings. The van der Waals surface area contributed by atoms with Gasteiger partial charge in [0, 0.05) is 59.3 Å². The zero-order valence-corrected chi connectivity index (χ0v) is 25.3. The first-order chi connectivity index (χ1) is 21.0. The molecule has 0 atom stereocenters. The molecule has 4 heterocycles. The lowest BCUT2D eigenvalue weighted by molar-refractivity contribution is 0.0451. The van der Waals surface area contributed by atoms with Gasteiger partial charge in [-0.3, -0.25) is 14.7 Å². The summed E-state index contributed by atoms with van der Waals surface area (Å²) in [6, 6.07) is 16.2. The van der Waals surface area contributed by atoms with Crippen LogP contribution >= 0.6 is 11.6 Å². The van der Waals surface area contributed by atoms with E-state index in [9.17, 15) is 14.7 Å². The summed E-state index contributed by atoms with van der Waals surface area (Å²) in [5, 5.41) is 18.9. The van der Waals surface area contributed by atoms with Crippen molar-refractivity contribution in [1.29, 1.82) is 0 Å². The van der Waals surface area contributed by atoms with Gasteiger partial charge in [0.05, 0.1) is 11.9 Å². The molecule has 226 valence electrons. The molecule has 0 bridgehead atoms. The molecule has 1 amide bonds. The molecule has 5 aromatic rings. The number of imidazole rings is 1. The molecule has 0 unspecified atom stereocenters. The molecule has 0 spiro atoms. The SMILES string of the molecule is CC(C)(C)N1CCN(C(=O)c2cccc(N=c3cc(Nc4cccc(Cl)c4)nc4c(=Cc5[nH]c(=O)[nH]c5O)cnn34)c2)CC1. The lowest BCUT2D eigenvalue weighted by atomic mass is 10.0. The largest absolute Gasteiger partial charge is 0.493 e. The Labute approximate surface area is 257 Å². The van der Waals surface area contributed by atoms with Crippen molar-refractivity contribution >= 4 is 46.4 Å². The van der Waals surface area contributed by atoms with Crippen LogP contribution in [0.15, 0.2) is 70.6 Å². The van der Waals surface area contributed by atoms with Crippen LogP contribution in [0.25, 0.3) is 11.7 Å². The van der Waals surface area contributed by atoms with Crippen LogP contribution in [0.5, 0.6) is 5.88 Å². The minimum atomic E-state index is -0.539. The molecule has 2 aromatic carbocycles. The average Bonchev–Trinajstić information content (AvgIpc) is 3.53. The number of benzene rings is 2. The summed E-state index contributed by atoms with van der Waals surface area (Å²) in [6.45, 7) is 9.53. The summed E-state index contributed by atoms with van der Waals surface area (Å²) >= 11 is 6.20. The summed E-state index contributed by atoms with van der Waals surface area (Å²) < 4.78 is 1.55. The van der Waals surface area contributed by atoms with E-state index >= 15 is 0 Å². The number of hydrogen-bond acceptors (Lipinski definition) is 8. The van der Waals surface area contributed by atoms with E-state index in [-0.39, 0.29) is 23.0 Å². The summed E-state index contributed by atoms with van der Waals surface area (Å²) in [5.41, 5.74) is 2.41. The van der Waals surface area contributed by atoms with Crippen LogP contribution in [0.3, 0.4) is 0 Å². The second-order valence-corrected chi connectivity index (χ2v) is 12.0. The topological polar surface area (TPSA) is 147 Å². The maximum Gasteiger partial charge on any atom is 0.326 e. The van der Waals surface area contributed by atoms with Crippen LogP contribution in [0.1, 0.15) is 36.8 Å². The second kappa shape index (κ2) is 11.6. The summed E-state index contributed by atoms with van der Waals surface area (Å²) in [6.07, 6.45) is 3.13. The molecule has 1 aliphatic rings. The number of fused-ring (bicyclic) bond motifs is 1. The van der Waals surface area contributed by atoms with Crippen molar-refractivity contribution in [2.24, 2.45) is 4.99 Å². The molecule has 0 radical (unpaired) electrons. The Hall–Kier alpha value is -4.94. The number of piperazine rings is 1. The number of anilines is 2. The predicted octanol–water partition coefficient (Wildman–Crippen LogP) is 3.18. The summed E-state index contributed by atoms with van der Waals surface area (Å²) in [4.78, 5) is 43.8. The molecule has 6 rings (SSSR count). The van der Waals surface area contributed by atoms with Crippen molar-refractivity contribution in [3.63, 3.8) is 0 Å². The van der Waals surface area contributed by atoms with Gasteiger partial charge in [0.1, 0.15) is 11.5 Å². The molecule has 4 N–H and O–H groups in total. The van der Waals surface area contributed by atoms with Gasteiger partial charge in [-0.25, -0.2) is 14.8 Å². The lowest BCUT2D eigenvalue weighted by Gasteiger charge is -2.42. The van der Waals surface area contributed by atoms with Crippen LogP contribution in [-0.4, -0.2) is 77.1 Å². The van der Waals surface area contributed by atoms with Crippen LogP contribution < -0.4 is 21.7 Å². The van der Waals surface area contributed by atoms with Crippen molar-refractivity contribution in [1.82, 2.24) is 34.4 Å². The molecule has 44 heavy (non-hydrogen) atoms. The van der Waals surface area contributed by atoms with Crippen molar-refractivity contribution in [3.8, 4) is 5.88 Å². The maximum atomic E-state index is 13.4. The van der Waals surface area contributed by atoms with Gasteiger partial charge in [0.2, 0.25) is 5.88 Å². The van der Waals surface area contributed by atoms with E-state index in [4.69, 9.17) is 21.6 Å². The minimum Gasteiger partial charge on any atom is -0.493 e. The van der Waals surface area contributed by atoms with Gasteiger partial charge in [-0.1, -0.05) is 23.7 Å². The normalized spacial score (nSPS) is 15.3. The van der Waals surface area contributed by atoms with E-state index < -0.39 is 5.69 Å². The molecule has 13 heteroatoms. The van der Waals surface area contributed by atoms with E-state index in [0.717, 1.165) is 18.8 Å². The first-order valence-corrected chi connectivity index (χ1v) is 14.5. The van der Waals surface area contributed by atoms with Gasteiger partial charge in [0.15, 0.2) is 11.1 Å². The van der Waals surface area contributed by atoms with Crippen LogP contribution in [0.2, 0.25) is 5.02 Å². The number of carbonyl (C=O) groups excluding carboxylic acids is 1. The fraction of sp³-hybridized carbons (Fsp3) is 0.258. The van der Waals surface area contributed by atoms with Gasteiger partial charge in [-0.05, 0) is 63.2 Å². The van der Waals surface area contributed by atoms with Crippen LogP contribution in [0.4, 0.5) is 17.2 Å². The number of nitrogens with one attached hydrogen (secondary N) is 3. The van der Waals surface area contributed by atoms with E-state index in [2.05, 4.69) is 46.1 Å².